The van der Waals surface area contributed by atoms with Crippen LogP contribution in [-0.4, -0.2) is 19.5 Å². The summed E-state index contributed by atoms with van der Waals surface area (Å²) >= 11 is 0. The van der Waals surface area contributed by atoms with Crippen molar-refractivity contribution in [2.45, 2.75) is 71.0 Å². The number of hydrogen-bond donors (Lipinski definition) is 0. The van der Waals surface area contributed by atoms with E-state index in [1.165, 1.54) is 50.5 Å². The Morgan fingerprint density at radius 3 is 2.25 bits per heavy atom. The van der Waals surface area contributed by atoms with Crippen LogP contribution in [0.3, 0.4) is 0 Å². The van der Waals surface area contributed by atoms with Gasteiger partial charge in [0.25, 0.3) is 0 Å². The molecule has 0 atom stereocenters. The van der Waals surface area contributed by atoms with Crippen LogP contribution in [0, 0.1) is 17.8 Å². The Labute approximate surface area is 147 Å². The lowest BCUT2D eigenvalue weighted by Crippen LogP contribution is -2.37. The maximum Gasteiger partial charge on any atom is 0.157 e. The summed E-state index contributed by atoms with van der Waals surface area (Å²) in [5, 5.41) is 0. The first-order valence-electron chi connectivity index (χ1n) is 10.1. The first-order valence-corrected chi connectivity index (χ1v) is 10.1. The van der Waals surface area contributed by atoms with Crippen molar-refractivity contribution in [2.24, 2.45) is 17.8 Å². The maximum absolute atomic E-state index is 6.04. The molecule has 2 heteroatoms. The van der Waals surface area contributed by atoms with Crippen LogP contribution in [0.25, 0.3) is 0 Å². The molecule has 1 aliphatic carbocycles. The normalized spacial score (nSPS) is 31.0. The minimum absolute atomic E-state index is 0.00218. The summed E-state index contributed by atoms with van der Waals surface area (Å²) in [6.45, 7) is 4.12. The summed E-state index contributed by atoms with van der Waals surface area (Å²) in [6.07, 6.45) is 11.9. The maximum atomic E-state index is 6.04. The molecular formula is C22H34O2. The van der Waals surface area contributed by atoms with E-state index in [9.17, 15) is 0 Å². The molecule has 0 radical (unpaired) electrons. The monoisotopic (exact) mass is 330 g/mol. The molecule has 3 rings (SSSR count). The Bertz CT molecular complexity index is 442. The number of benzene rings is 1. The molecule has 0 aromatic heterocycles. The number of hydrogen-bond acceptors (Lipinski definition) is 2. The first kappa shape index (κ1) is 17.9. The van der Waals surface area contributed by atoms with Crippen LogP contribution in [-0.2, 0) is 15.9 Å². The van der Waals surface area contributed by atoms with Gasteiger partial charge in [-0.25, -0.2) is 0 Å². The second-order valence-electron chi connectivity index (χ2n) is 7.80. The van der Waals surface area contributed by atoms with Crippen molar-refractivity contribution in [3.8, 4) is 0 Å². The Hall–Kier alpha value is -0.860. The molecule has 1 heterocycles. The van der Waals surface area contributed by atoms with Crippen molar-refractivity contribution in [3.05, 3.63) is 35.9 Å². The van der Waals surface area contributed by atoms with Crippen LogP contribution in [0.15, 0.2) is 30.3 Å². The zero-order valence-corrected chi connectivity index (χ0v) is 15.3. The van der Waals surface area contributed by atoms with Gasteiger partial charge in [-0.2, -0.15) is 0 Å². The number of unbranched alkanes of at least 4 members (excludes halogenated alkanes) is 1. The van der Waals surface area contributed by atoms with Crippen LogP contribution >= 0.6 is 0 Å². The van der Waals surface area contributed by atoms with E-state index in [-0.39, 0.29) is 6.29 Å². The third kappa shape index (κ3) is 5.32. The molecule has 0 spiro atoms. The van der Waals surface area contributed by atoms with Crippen LogP contribution in [0.5, 0.6) is 0 Å². The van der Waals surface area contributed by atoms with Gasteiger partial charge < -0.3 is 9.47 Å². The molecule has 24 heavy (non-hydrogen) atoms. The summed E-state index contributed by atoms with van der Waals surface area (Å²) in [6, 6.07) is 10.6. The molecule has 0 bridgehead atoms. The number of aryl methyl sites for hydroxylation is 1. The highest BCUT2D eigenvalue weighted by Gasteiger charge is 2.31. The van der Waals surface area contributed by atoms with E-state index in [1.807, 2.05) is 0 Å². The van der Waals surface area contributed by atoms with E-state index in [0.29, 0.717) is 5.92 Å². The summed E-state index contributed by atoms with van der Waals surface area (Å²) in [5.74, 6) is 2.45. The molecule has 1 saturated heterocycles. The van der Waals surface area contributed by atoms with Crippen LogP contribution in [0.2, 0.25) is 0 Å². The second kappa shape index (κ2) is 9.58. The van der Waals surface area contributed by atoms with Crippen LogP contribution in [0.4, 0.5) is 0 Å². The molecular weight excluding hydrogens is 296 g/mol. The molecule has 134 valence electrons. The Balaban J connectivity index is 1.34. The van der Waals surface area contributed by atoms with E-state index >= 15 is 0 Å². The minimum atomic E-state index is 0.00218. The highest BCUT2D eigenvalue weighted by molar-refractivity contribution is 5.14. The molecule has 2 fully saturated rings. The molecule has 1 aliphatic heterocycles. The third-order valence-corrected chi connectivity index (χ3v) is 6.03. The van der Waals surface area contributed by atoms with Crippen molar-refractivity contribution < 1.29 is 9.47 Å². The molecule has 0 amide bonds. The summed E-state index contributed by atoms with van der Waals surface area (Å²) in [4.78, 5) is 0. The average molecular weight is 331 g/mol. The zero-order chi connectivity index (χ0) is 16.6. The minimum Gasteiger partial charge on any atom is -0.352 e. The Kier molecular flexibility index (Phi) is 7.16. The molecule has 1 saturated carbocycles. The van der Waals surface area contributed by atoms with Crippen molar-refractivity contribution in [1.82, 2.24) is 0 Å². The summed E-state index contributed by atoms with van der Waals surface area (Å²) in [5.41, 5.74) is 1.37. The molecule has 2 aliphatic rings. The van der Waals surface area contributed by atoms with Crippen molar-refractivity contribution >= 4 is 0 Å². The quantitative estimate of drug-likeness (QED) is 0.647. The molecule has 1 aromatic rings. The third-order valence-electron chi connectivity index (χ3n) is 6.03. The van der Waals surface area contributed by atoms with Crippen molar-refractivity contribution in [2.75, 3.05) is 13.2 Å². The Morgan fingerprint density at radius 1 is 0.875 bits per heavy atom. The van der Waals surface area contributed by atoms with Gasteiger partial charge in [-0.1, -0.05) is 69.4 Å². The SMILES string of the molecule is CCCCC1CCC(C2COC(CCc3ccccc3)OC2)CC1. The smallest absolute Gasteiger partial charge is 0.157 e. The van der Waals surface area contributed by atoms with Gasteiger partial charge in [0.05, 0.1) is 13.2 Å². The lowest BCUT2D eigenvalue weighted by molar-refractivity contribution is -0.212. The standard InChI is InChI=1S/C22H34O2/c1-2-3-7-19-10-13-20(14-11-19)21-16-23-22(24-17-21)15-12-18-8-5-4-6-9-18/h4-6,8-9,19-22H,2-3,7,10-17H2,1H3. The van der Waals surface area contributed by atoms with Gasteiger partial charge in [0.1, 0.15) is 0 Å². The predicted octanol–water partition coefficient (Wildman–Crippen LogP) is 5.60. The van der Waals surface area contributed by atoms with Crippen LogP contribution in [0.1, 0.15) is 63.9 Å². The average Bonchev–Trinajstić information content (AvgIpc) is 2.66. The molecule has 2 nitrogen and oxygen atoms in total. The van der Waals surface area contributed by atoms with E-state index in [2.05, 4.69) is 37.3 Å². The van der Waals surface area contributed by atoms with Gasteiger partial charge >= 0.3 is 0 Å². The highest BCUT2D eigenvalue weighted by atomic mass is 16.7. The van der Waals surface area contributed by atoms with Gasteiger partial charge in [-0.15, -0.1) is 0 Å². The van der Waals surface area contributed by atoms with Crippen molar-refractivity contribution in [3.63, 3.8) is 0 Å². The number of ether oxygens (including phenoxy) is 2. The van der Waals surface area contributed by atoms with Crippen LogP contribution < -0.4 is 0 Å². The van der Waals surface area contributed by atoms with Gasteiger partial charge in [0.15, 0.2) is 6.29 Å². The summed E-state index contributed by atoms with van der Waals surface area (Å²) < 4.78 is 12.1. The van der Waals surface area contributed by atoms with Gasteiger partial charge in [0.2, 0.25) is 0 Å². The lowest BCUT2D eigenvalue weighted by Gasteiger charge is -2.37. The summed E-state index contributed by atoms with van der Waals surface area (Å²) in [7, 11) is 0. The predicted molar refractivity (Wildman–Crippen MR) is 98.9 cm³/mol. The zero-order valence-electron chi connectivity index (χ0n) is 15.3. The fraction of sp³-hybridized carbons (Fsp3) is 0.727. The fourth-order valence-electron chi connectivity index (χ4n) is 4.37. The highest BCUT2D eigenvalue weighted by Crippen LogP contribution is 2.37. The van der Waals surface area contributed by atoms with E-state index in [4.69, 9.17) is 9.47 Å². The molecule has 0 N–H and O–H groups in total. The fourth-order valence-corrected chi connectivity index (χ4v) is 4.37. The van der Waals surface area contributed by atoms with E-state index < -0.39 is 0 Å². The number of rotatable bonds is 7. The topological polar surface area (TPSA) is 18.5 Å². The van der Waals surface area contributed by atoms with Gasteiger partial charge in [0, 0.05) is 12.3 Å². The van der Waals surface area contributed by atoms with Gasteiger partial charge in [-0.05, 0) is 36.7 Å². The van der Waals surface area contributed by atoms with Crippen molar-refractivity contribution in [1.29, 1.82) is 0 Å². The van der Waals surface area contributed by atoms with E-state index in [1.54, 1.807) is 0 Å². The first-order chi connectivity index (χ1) is 11.8. The lowest BCUT2D eigenvalue weighted by atomic mass is 9.75. The molecule has 0 unspecified atom stereocenters. The second-order valence-corrected chi connectivity index (χ2v) is 7.80. The Morgan fingerprint density at radius 2 is 1.58 bits per heavy atom. The van der Waals surface area contributed by atoms with Gasteiger partial charge in [-0.3, -0.25) is 0 Å². The molecule has 1 aromatic carbocycles. The largest absolute Gasteiger partial charge is 0.352 e. The van der Waals surface area contributed by atoms with E-state index in [0.717, 1.165) is 37.9 Å².